The zero-order valence-electron chi connectivity index (χ0n) is 8.79. The highest BCUT2D eigenvalue weighted by Gasteiger charge is 2.00. The van der Waals surface area contributed by atoms with Crippen LogP contribution in [0.25, 0.3) is 0 Å². The second-order valence-electron chi connectivity index (χ2n) is 3.58. The van der Waals surface area contributed by atoms with Crippen molar-refractivity contribution in [3.8, 4) is 0 Å². The number of hydrogen-bond donors (Lipinski definition) is 1. The average Bonchev–Trinajstić information content (AvgIpc) is 2.62. The summed E-state index contributed by atoms with van der Waals surface area (Å²) in [4.78, 5) is 0. The summed E-state index contributed by atoms with van der Waals surface area (Å²) in [6.07, 6.45) is 1.97. The number of nitrogens with one attached hydrogen (secondary N) is 1. The lowest BCUT2D eigenvalue weighted by Gasteiger charge is -2.05. The van der Waals surface area contributed by atoms with Gasteiger partial charge in [-0.1, -0.05) is 11.6 Å². The predicted octanol–water partition coefficient (Wildman–Crippen LogP) is 3.02. The largest absolute Gasteiger partial charge is 0.365 e. The molecule has 0 saturated heterocycles. The maximum absolute atomic E-state index is 5.55. The third-order valence-corrected chi connectivity index (χ3v) is 2.24. The third-order valence-electron chi connectivity index (χ3n) is 1.87. The van der Waals surface area contributed by atoms with E-state index in [-0.39, 0.29) is 0 Å². The molecule has 0 aliphatic carbocycles. The van der Waals surface area contributed by atoms with Crippen molar-refractivity contribution in [3.63, 3.8) is 0 Å². The van der Waals surface area contributed by atoms with Crippen molar-refractivity contribution in [1.82, 2.24) is 9.78 Å². The zero-order valence-corrected chi connectivity index (χ0v) is 9.54. The van der Waals surface area contributed by atoms with E-state index >= 15 is 0 Å². The van der Waals surface area contributed by atoms with E-state index in [1.165, 1.54) is 0 Å². The molecule has 0 aliphatic rings. The Hall–Kier alpha value is -0.960. The van der Waals surface area contributed by atoms with Gasteiger partial charge in [0.15, 0.2) is 0 Å². The Balaban J connectivity index is 2.52. The van der Waals surface area contributed by atoms with Gasteiger partial charge in [-0.2, -0.15) is 5.10 Å². The summed E-state index contributed by atoms with van der Waals surface area (Å²) in [5.41, 5.74) is 2.66. The SMILES string of the molecule is C/C(=C\Cl)CNc1ccn(C(C)C)n1. The summed E-state index contributed by atoms with van der Waals surface area (Å²) >= 11 is 5.55. The minimum Gasteiger partial charge on any atom is -0.365 e. The molecule has 0 bridgehead atoms. The first-order valence-electron chi connectivity index (χ1n) is 4.68. The predicted molar refractivity (Wildman–Crippen MR) is 60.7 cm³/mol. The van der Waals surface area contributed by atoms with E-state index in [1.807, 2.05) is 23.9 Å². The number of nitrogens with zero attached hydrogens (tertiary/aromatic N) is 2. The molecule has 0 atom stereocenters. The van der Waals surface area contributed by atoms with Gasteiger partial charge in [-0.05, 0) is 26.3 Å². The molecule has 3 nitrogen and oxygen atoms in total. The van der Waals surface area contributed by atoms with E-state index in [9.17, 15) is 0 Å². The van der Waals surface area contributed by atoms with Gasteiger partial charge in [-0.15, -0.1) is 0 Å². The van der Waals surface area contributed by atoms with Crippen LogP contribution < -0.4 is 5.32 Å². The van der Waals surface area contributed by atoms with Crippen LogP contribution in [0, 0.1) is 0 Å². The van der Waals surface area contributed by atoms with Crippen molar-refractivity contribution in [2.45, 2.75) is 26.8 Å². The van der Waals surface area contributed by atoms with Gasteiger partial charge in [-0.3, -0.25) is 4.68 Å². The molecule has 0 saturated carbocycles. The maximum atomic E-state index is 5.55. The van der Waals surface area contributed by atoms with Gasteiger partial charge in [0, 0.05) is 30.4 Å². The van der Waals surface area contributed by atoms with E-state index in [0.29, 0.717) is 6.04 Å². The van der Waals surface area contributed by atoms with Gasteiger partial charge in [-0.25, -0.2) is 0 Å². The average molecular weight is 214 g/mol. The topological polar surface area (TPSA) is 29.9 Å². The number of hydrogen-bond acceptors (Lipinski definition) is 2. The number of aromatic nitrogens is 2. The summed E-state index contributed by atoms with van der Waals surface area (Å²) in [6.45, 7) is 6.90. The summed E-state index contributed by atoms with van der Waals surface area (Å²) in [5, 5.41) is 7.54. The minimum absolute atomic E-state index is 0.398. The van der Waals surface area contributed by atoms with Crippen molar-refractivity contribution < 1.29 is 0 Å². The number of rotatable bonds is 4. The van der Waals surface area contributed by atoms with Crippen LogP contribution >= 0.6 is 11.6 Å². The fourth-order valence-electron chi connectivity index (χ4n) is 0.988. The quantitative estimate of drug-likeness (QED) is 0.834. The van der Waals surface area contributed by atoms with Crippen LogP contribution in [0.5, 0.6) is 0 Å². The summed E-state index contributed by atoms with van der Waals surface area (Å²) < 4.78 is 1.92. The van der Waals surface area contributed by atoms with E-state index in [0.717, 1.165) is 17.9 Å². The molecule has 0 aliphatic heterocycles. The highest BCUT2D eigenvalue weighted by molar-refractivity contribution is 6.25. The van der Waals surface area contributed by atoms with Gasteiger partial charge < -0.3 is 5.32 Å². The molecule has 0 spiro atoms. The first-order chi connectivity index (χ1) is 6.63. The Morgan fingerprint density at radius 2 is 2.43 bits per heavy atom. The Bertz CT molecular complexity index is 315. The summed E-state index contributed by atoms with van der Waals surface area (Å²) in [5.74, 6) is 0.886. The fraction of sp³-hybridized carbons (Fsp3) is 0.500. The summed E-state index contributed by atoms with van der Waals surface area (Å²) in [6, 6.07) is 2.36. The first kappa shape index (κ1) is 11.1. The Morgan fingerprint density at radius 3 is 2.93 bits per heavy atom. The van der Waals surface area contributed by atoms with Gasteiger partial charge in [0.1, 0.15) is 5.82 Å². The van der Waals surface area contributed by atoms with Gasteiger partial charge in [0.2, 0.25) is 0 Å². The normalized spacial score (nSPS) is 12.2. The second-order valence-corrected chi connectivity index (χ2v) is 3.80. The molecule has 1 heterocycles. The van der Waals surface area contributed by atoms with Gasteiger partial charge >= 0.3 is 0 Å². The molecular weight excluding hydrogens is 198 g/mol. The van der Waals surface area contributed by atoms with E-state index in [2.05, 4.69) is 24.3 Å². The van der Waals surface area contributed by atoms with E-state index < -0.39 is 0 Å². The Labute approximate surface area is 89.8 Å². The lowest BCUT2D eigenvalue weighted by atomic mass is 10.3. The molecule has 1 rings (SSSR count). The van der Waals surface area contributed by atoms with Crippen molar-refractivity contribution in [1.29, 1.82) is 0 Å². The van der Waals surface area contributed by atoms with Crippen LogP contribution in [-0.4, -0.2) is 16.3 Å². The van der Waals surface area contributed by atoms with Crippen LogP contribution in [0.4, 0.5) is 5.82 Å². The lowest BCUT2D eigenvalue weighted by molar-refractivity contribution is 0.534. The number of anilines is 1. The molecule has 0 amide bonds. The maximum Gasteiger partial charge on any atom is 0.148 e. The second kappa shape index (κ2) is 5.05. The van der Waals surface area contributed by atoms with Crippen LogP contribution in [0.2, 0.25) is 0 Å². The molecular formula is C10H16ClN3. The molecule has 14 heavy (non-hydrogen) atoms. The molecule has 0 fully saturated rings. The monoisotopic (exact) mass is 213 g/mol. The lowest BCUT2D eigenvalue weighted by Crippen LogP contribution is -2.05. The smallest absolute Gasteiger partial charge is 0.148 e. The Kier molecular flexibility index (Phi) is 4.01. The van der Waals surface area contributed by atoms with E-state index in [1.54, 1.807) is 5.54 Å². The fourth-order valence-corrected chi connectivity index (χ4v) is 1.07. The zero-order chi connectivity index (χ0) is 10.6. The third kappa shape index (κ3) is 3.07. The molecule has 0 radical (unpaired) electrons. The molecule has 1 aromatic heterocycles. The number of halogens is 1. The van der Waals surface area contributed by atoms with Crippen molar-refractivity contribution in [3.05, 3.63) is 23.4 Å². The molecule has 1 N–H and O–H groups in total. The van der Waals surface area contributed by atoms with Gasteiger partial charge in [0.05, 0.1) is 0 Å². The van der Waals surface area contributed by atoms with Crippen LogP contribution in [-0.2, 0) is 0 Å². The van der Waals surface area contributed by atoms with Crippen molar-refractivity contribution in [2.75, 3.05) is 11.9 Å². The molecule has 4 heteroatoms. The van der Waals surface area contributed by atoms with Crippen LogP contribution in [0.3, 0.4) is 0 Å². The Morgan fingerprint density at radius 1 is 1.71 bits per heavy atom. The van der Waals surface area contributed by atoms with Crippen LogP contribution in [0.15, 0.2) is 23.4 Å². The molecule has 0 unspecified atom stereocenters. The highest BCUT2D eigenvalue weighted by atomic mass is 35.5. The summed E-state index contributed by atoms with van der Waals surface area (Å²) in [7, 11) is 0. The molecule has 78 valence electrons. The van der Waals surface area contributed by atoms with Crippen molar-refractivity contribution >= 4 is 17.4 Å². The highest BCUT2D eigenvalue weighted by Crippen LogP contribution is 2.08. The molecule has 1 aromatic rings. The minimum atomic E-state index is 0.398. The van der Waals surface area contributed by atoms with Crippen molar-refractivity contribution in [2.24, 2.45) is 0 Å². The van der Waals surface area contributed by atoms with Crippen LogP contribution in [0.1, 0.15) is 26.8 Å². The van der Waals surface area contributed by atoms with Gasteiger partial charge in [0.25, 0.3) is 0 Å². The standard InChI is InChI=1S/C10H16ClN3/c1-8(2)14-5-4-10(13-14)12-7-9(3)6-11/h4-6,8H,7H2,1-3H3,(H,12,13)/b9-6+. The van der Waals surface area contributed by atoms with E-state index in [4.69, 9.17) is 11.6 Å². The molecule has 0 aromatic carbocycles. The first-order valence-corrected chi connectivity index (χ1v) is 5.12.